The maximum atomic E-state index is 12.9. The molecule has 1 fully saturated rings. The first kappa shape index (κ1) is 25.3. The summed E-state index contributed by atoms with van der Waals surface area (Å²) in [4.78, 5) is 20.0. The largest absolute Gasteiger partial charge is 0.416 e. The zero-order chi connectivity index (χ0) is 20.9. The number of rotatable bonds is 5. The highest BCUT2D eigenvalue weighted by Crippen LogP contribution is 2.31. The lowest BCUT2D eigenvalue weighted by atomic mass is 9.93. The first-order valence-corrected chi connectivity index (χ1v) is 9.30. The van der Waals surface area contributed by atoms with Crippen molar-refractivity contribution in [2.45, 2.75) is 26.9 Å². The standard InChI is InChI=1S/C19H28F3N5O.HI/c1-4-24-17(25-13-18(2,3)16(23)28)27-10-8-26(9-11-27)15-7-5-6-14(12-15)19(20,21)22;/h5-7,12H,4,8-11,13H2,1-3H3,(H2,23,28)(H,24,25);1H. The molecule has 1 aliphatic heterocycles. The van der Waals surface area contributed by atoms with Crippen molar-refractivity contribution in [1.29, 1.82) is 0 Å². The van der Waals surface area contributed by atoms with Crippen LogP contribution < -0.4 is 16.0 Å². The summed E-state index contributed by atoms with van der Waals surface area (Å²) in [6.07, 6.45) is -4.35. The van der Waals surface area contributed by atoms with Crippen LogP contribution in [0.25, 0.3) is 0 Å². The Balaban J connectivity index is 0.00000420. The van der Waals surface area contributed by atoms with Crippen molar-refractivity contribution in [3.8, 4) is 0 Å². The maximum Gasteiger partial charge on any atom is 0.416 e. The summed E-state index contributed by atoms with van der Waals surface area (Å²) in [5.41, 5.74) is 4.57. The van der Waals surface area contributed by atoms with Crippen molar-refractivity contribution in [2.75, 3.05) is 44.2 Å². The molecule has 0 atom stereocenters. The van der Waals surface area contributed by atoms with Gasteiger partial charge in [-0.3, -0.25) is 9.79 Å². The van der Waals surface area contributed by atoms with E-state index in [0.717, 1.165) is 6.07 Å². The Morgan fingerprint density at radius 3 is 2.34 bits per heavy atom. The molecule has 164 valence electrons. The molecule has 1 heterocycles. The number of nitrogens with two attached hydrogens (primary N) is 1. The minimum atomic E-state index is -4.35. The van der Waals surface area contributed by atoms with E-state index in [4.69, 9.17) is 5.73 Å². The quantitative estimate of drug-likeness (QED) is 0.351. The molecule has 0 bridgehead atoms. The van der Waals surface area contributed by atoms with Crippen molar-refractivity contribution in [2.24, 2.45) is 16.1 Å². The van der Waals surface area contributed by atoms with Crippen LogP contribution in [-0.4, -0.2) is 56.0 Å². The van der Waals surface area contributed by atoms with Gasteiger partial charge in [0.25, 0.3) is 0 Å². The van der Waals surface area contributed by atoms with Gasteiger partial charge in [0.15, 0.2) is 5.96 Å². The third-order valence-corrected chi connectivity index (χ3v) is 4.74. The zero-order valence-corrected chi connectivity index (χ0v) is 19.3. The average molecular weight is 527 g/mol. The molecule has 0 spiro atoms. The first-order valence-electron chi connectivity index (χ1n) is 9.30. The number of nitrogens with zero attached hydrogens (tertiary/aromatic N) is 3. The lowest BCUT2D eigenvalue weighted by molar-refractivity contribution is -0.137. The van der Waals surface area contributed by atoms with E-state index < -0.39 is 23.1 Å². The minimum Gasteiger partial charge on any atom is -0.369 e. The number of hydrogen-bond acceptors (Lipinski definition) is 3. The number of hydrogen-bond donors (Lipinski definition) is 2. The highest BCUT2D eigenvalue weighted by atomic mass is 127. The Bertz CT molecular complexity index is 716. The van der Waals surface area contributed by atoms with Crippen molar-refractivity contribution in [1.82, 2.24) is 10.2 Å². The second-order valence-corrected chi connectivity index (χ2v) is 7.44. The molecule has 6 nitrogen and oxygen atoms in total. The number of carbonyl (C=O) groups is 1. The van der Waals surface area contributed by atoms with Gasteiger partial charge in [0.1, 0.15) is 0 Å². The summed E-state index contributed by atoms with van der Waals surface area (Å²) in [6.45, 7) is 8.74. The van der Waals surface area contributed by atoms with Crippen molar-refractivity contribution >= 4 is 41.5 Å². The van der Waals surface area contributed by atoms with Gasteiger partial charge in [-0.2, -0.15) is 13.2 Å². The second-order valence-electron chi connectivity index (χ2n) is 7.44. The highest BCUT2D eigenvalue weighted by Gasteiger charge is 2.31. The van der Waals surface area contributed by atoms with Crippen molar-refractivity contribution < 1.29 is 18.0 Å². The van der Waals surface area contributed by atoms with Gasteiger partial charge in [0.05, 0.1) is 17.5 Å². The second kappa shape index (κ2) is 10.4. The van der Waals surface area contributed by atoms with E-state index in [1.165, 1.54) is 12.1 Å². The van der Waals surface area contributed by atoms with E-state index in [2.05, 4.69) is 10.3 Å². The summed E-state index contributed by atoms with van der Waals surface area (Å²) >= 11 is 0. The molecule has 0 aromatic heterocycles. The van der Waals surface area contributed by atoms with Crippen LogP contribution in [0.4, 0.5) is 18.9 Å². The summed E-state index contributed by atoms with van der Waals surface area (Å²) in [7, 11) is 0. The van der Waals surface area contributed by atoms with E-state index in [-0.39, 0.29) is 30.5 Å². The summed E-state index contributed by atoms with van der Waals surface area (Å²) in [5.74, 6) is 0.266. The third-order valence-electron chi connectivity index (χ3n) is 4.74. The maximum absolute atomic E-state index is 12.9. The number of amides is 1. The number of piperazine rings is 1. The van der Waals surface area contributed by atoms with E-state index in [9.17, 15) is 18.0 Å². The Morgan fingerprint density at radius 2 is 1.83 bits per heavy atom. The number of nitrogens with one attached hydrogen (secondary N) is 1. The molecule has 0 saturated carbocycles. The van der Waals surface area contributed by atoms with Crippen LogP contribution in [0.15, 0.2) is 29.3 Å². The van der Waals surface area contributed by atoms with Gasteiger partial charge in [-0.1, -0.05) is 6.07 Å². The van der Waals surface area contributed by atoms with E-state index in [1.807, 2.05) is 16.7 Å². The molecule has 1 aliphatic rings. The van der Waals surface area contributed by atoms with Gasteiger partial charge < -0.3 is 20.9 Å². The van der Waals surface area contributed by atoms with Gasteiger partial charge in [0, 0.05) is 38.4 Å². The number of anilines is 1. The fourth-order valence-corrected chi connectivity index (χ4v) is 2.83. The lowest BCUT2D eigenvalue weighted by Gasteiger charge is -2.38. The summed E-state index contributed by atoms with van der Waals surface area (Å²) < 4.78 is 38.8. The number of carbonyl (C=O) groups excluding carboxylic acids is 1. The van der Waals surface area contributed by atoms with Crippen LogP contribution in [-0.2, 0) is 11.0 Å². The normalized spacial score (nSPS) is 15.7. The molecule has 10 heteroatoms. The minimum absolute atomic E-state index is 0. The molecular formula is C19H29F3IN5O. The molecule has 1 amide bonds. The number of alkyl halides is 3. The predicted molar refractivity (Wildman–Crippen MR) is 120 cm³/mol. The SMILES string of the molecule is CCNC(=NCC(C)(C)C(N)=O)N1CCN(c2cccc(C(F)(F)F)c2)CC1.I. The zero-order valence-electron chi connectivity index (χ0n) is 16.9. The van der Waals surface area contributed by atoms with Gasteiger partial charge in [-0.25, -0.2) is 0 Å². The molecule has 3 N–H and O–H groups in total. The fraction of sp³-hybridized carbons (Fsp3) is 0.579. The topological polar surface area (TPSA) is 74.0 Å². The Labute approximate surface area is 186 Å². The fourth-order valence-electron chi connectivity index (χ4n) is 2.83. The van der Waals surface area contributed by atoms with Crippen LogP contribution in [0, 0.1) is 5.41 Å². The average Bonchev–Trinajstić information content (AvgIpc) is 2.64. The molecule has 29 heavy (non-hydrogen) atoms. The monoisotopic (exact) mass is 527 g/mol. The Kier molecular flexibility index (Phi) is 9.04. The summed E-state index contributed by atoms with van der Waals surface area (Å²) in [6, 6.07) is 5.39. The van der Waals surface area contributed by atoms with Crippen LogP contribution in [0.3, 0.4) is 0 Å². The van der Waals surface area contributed by atoms with Crippen molar-refractivity contribution in [3.05, 3.63) is 29.8 Å². The van der Waals surface area contributed by atoms with Crippen LogP contribution in [0.1, 0.15) is 26.3 Å². The predicted octanol–water partition coefficient (Wildman–Crippen LogP) is 2.92. The molecule has 0 radical (unpaired) electrons. The first-order chi connectivity index (χ1) is 13.0. The molecule has 1 saturated heterocycles. The molecule has 2 rings (SSSR count). The molecular weight excluding hydrogens is 498 g/mol. The number of guanidine groups is 1. The van der Waals surface area contributed by atoms with Crippen molar-refractivity contribution in [3.63, 3.8) is 0 Å². The number of halogens is 4. The smallest absolute Gasteiger partial charge is 0.369 e. The van der Waals surface area contributed by atoms with Crippen LogP contribution >= 0.6 is 24.0 Å². The van der Waals surface area contributed by atoms with E-state index >= 15 is 0 Å². The van der Waals surface area contributed by atoms with Crippen LogP contribution in [0.5, 0.6) is 0 Å². The van der Waals surface area contributed by atoms with E-state index in [1.54, 1.807) is 19.9 Å². The number of primary amides is 1. The highest BCUT2D eigenvalue weighted by molar-refractivity contribution is 14.0. The number of aliphatic imine (C=N–C) groups is 1. The Hall–Kier alpha value is -1.72. The van der Waals surface area contributed by atoms with Gasteiger partial charge in [-0.15, -0.1) is 24.0 Å². The third kappa shape index (κ3) is 6.93. The summed E-state index contributed by atoms with van der Waals surface area (Å²) in [5, 5.41) is 3.20. The Morgan fingerprint density at radius 1 is 1.21 bits per heavy atom. The molecule has 0 unspecified atom stereocenters. The molecule has 0 aliphatic carbocycles. The van der Waals surface area contributed by atoms with E-state index in [0.29, 0.717) is 44.4 Å². The van der Waals surface area contributed by atoms with Gasteiger partial charge >= 0.3 is 6.18 Å². The molecule has 1 aromatic carbocycles. The van der Waals surface area contributed by atoms with Crippen LogP contribution in [0.2, 0.25) is 0 Å². The number of benzene rings is 1. The molecule has 1 aromatic rings. The van der Waals surface area contributed by atoms with Gasteiger partial charge in [-0.05, 0) is 39.0 Å². The lowest BCUT2D eigenvalue weighted by Crippen LogP contribution is -2.53. The van der Waals surface area contributed by atoms with Gasteiger partial charge in [0.2, 0.25) is 5.91 Å².